The first-order valence-corrected chi connectivity index (χ1v) is 14.2. The first-order valence-electron chi connectivity index (χ1n) is 13.8. The molecule has 198 valence electrons. The fraction of sp³-hybridized carbons (Fsp3) is 0. The van der Waals surface area contributed by atoms with Crippen molar-refractivity contribution >= 4 is 44.3 Å². The Bertz CT molecular complexity index is 2250. The van der Waals surface area contributed by atoms with E-state index in [9.17, 15) is 0 Å². The van der Waals surface area contributed by atoms with E-state index in [1.54, 1.807) is 0 Å². The molecule has 0 N–H and O–H groups in total. The Balaban J connectivity index is 1.24. The van der Waals surface area contributed by atoms with Gasteiger partial charge in [-0.15, -0.1) is 0 Å². The van der Waals surface area contributed by atoms with Gasteiger partial charge in [0.2, 0.25) is 0 Å². The van der Waals surface area contributed by atoms with Gasteiger partial charge in [0.15, 0.2) is 5.82 Å². The Morgan fingerprint density at radius 3 is 1.93 bits per heavy atom. The van der Waals surface area contributed by atoms with E-state index in [2.05, 4.69) is 91.0 Å². The third-order valence-corrected chi connectivity index (χ3v) is 8.00. The Morgan fingerprint density at radius 2 is 1.10 bits per heavy atom. The maximum atomic E-state index is 6.34. The van der Waals surface area contributed by atoms with Crippen LogP contribution in [0.5, 0.6) is 0 Å². The minimum atomic E-state index is 0.653. The van der Waals surface area contributed by atoms with E-state index < -0.39 is 0 Å². The number of aromatic nitrogens is 2. The molecule has 8 aromatic rings. The molecular formula is C38H23ClN2O. The van der Waals surface area contributed by atoms with Gasteiger partial charge < -0.3 is 4.42 Å². The van der Waals surface area contributed by atoms with E-state index in [0.29, 0.717) is 10.8 Å². The third kappa shape index (κ3) is 4.41. The van der Waals surface area contributed by atoms with Gasteiger partial charge in [0.1, 0.15) is 11.2 Å². The van der Waals surface area contributed by atoms with Crippen LogP contribution in [0.2, 0.25) is 5.02 Å². The molecule has 0 fully saturated rings. The third-order valence-electron chi connectivity index (χ3n) is 7.75. The smallest absolute Gasteiger partial charge is 0.160 e. The second kappa shape index (κ2) is 9.99. The average Bonchev–Trinajstić information content (AvgIpc) is 3.42. The van der Waals surface area contributed by atoms with Crippen LogP contribution in [0, 0.1) is 0 Å². The highest BCUT2D eigenvalue weighted by molar-refractivity contribution is 6.30. The molecule has 8 rings (SSSR count). The summed E-state index contributed by atoms with van der Waals surface area (Å²) in [7, 11) is 0. The van der Waals surface area contributed by atoms with E-state index in [4.69, 9.17) is 26.0 Å². The Kier molecular flexibility index (Phi) is 5.83. The van der Waals surface area contributed by atoms with Gasteiger partial charge in [-0.2, -0.15) is 0 Å². The number of nitrogens with zero attached hydrogens (tertiary/aromatic N) is 2. The molecule has 0 unspecified atom stereocenters. The molecule has 0 bridgehead atoms. The Labute approximate surface area is 247 Å². The van der Waals surface area contributed by atoms with Gasteiger partial charge in [0, 0.05) is 32.5 Å². The maximum absolute atomic E-state index is 6.34. The lowest BCUT2D eigenvalue weighted by molar-refractivity contribution is 0.669. The summed E-state index contributed by atoms with van der Waals surface area (Å²) >= 11 is 6.16. The number of benzene rings is 6. The van der Waals surface area contributed by atoms with Crippen molar-refractivity contribution < 1.29 is 4.42 Å². The second-order valence-corrected chi connectivity index (χ2v) is 10.9. The fourth-order valence-corrected chi connectivity index (χ4v) is 5.69. The van der Waals surface area contributed by atoms with Gasteiger partial charge in [0.25, 0.3) is 0 Å². The van der Waals surface area contributed by atoms with Crippen LogP contribution in [0.1, 0.15) is 0 Å². The van der Waals surface area contributed by atoms with Crippen LogP contribution >= 0.6 is 11.6 Å². The molecule has 42 heavy (non-hydrogen) atoms. The SMILES string of the molecule is Clc1ccc(-c2nc(-c3ccccc3)cc(-c3ccc4oc5cc(-c6ccc7ccccc7c6)ccc5c4c3)n2)cc1. The number of furan rings is 1. The number of halogens is 1. The van der Waals surface area contributed by atoms with Crippen LogP contribution in [-0.4, -0.2) is 9.97 Å². The molecule has 0 amide bonds. The number of hydrogen-bond acceptors (Lipinski definition) is 3. The zero-order valence-electron chi connectivity index (χ0n) is 22.5. The van der Waals surface area contributed by atoms with Crippen molar-refractivity contribution in [1.82, 2.24) is 9.97 Å². The predicted octanol–water partition coefficient (Wildman–Crippen LogP) is 10.9. The molecule has 6 aromatic carbocycles. The van der Waals surface area contributed by atoms with Crippen molar-refractivity contribution in [2.75, 3.05) is 0 Å². The molecule has 0 aliphatic rings. The molecule has 3 nitrogen and oxygen atoms in total. The molecule has 2 heterocycles. The summed E-state index contributed by atoms with van der Waals surface area (Å²) in [5, 5.41) is 5.27. The van der Waals surface area contributed by atoms with Gasteiger partial charge in [-0.1, -0.05) is 84.4 Å². The lowest BCUT2D eigenvalue weighted by Gasteiger charge is -2.09. The highest BCUT2D eigenvalue weighted by Gasteiger charge is 2.14. The van der Waals surface area contributed by atoms with Crippen LogP contribution in [0.4, 0.5) is 0 Å². The summed E-state index contributed by atoms with van der Waals surface area (Å²) in [5.74, 6) is 0.653. The lowest BCUT2D eigenvalue weighted by atomic mass is 9.99. The van der Waals surface area contributed by atoms with Crippen LogP contribution in [0.15, 0.2) is 144 Å². The summed E-state index contributed by atoms with van der Waals surface area (Å²) in [4.78, 5) is 9.91. The molecule has 0 radical (unpaired) electrons. The predicted molar refractivity (Wildman–Crippen MR) is 174 cm³/mol. The van der Waals surface area contributed by atoms with Crippen LogP contribution in [0.25, 0.3) is 77.7 Å². The number of fused-ring (bicyclic) bond motifs is 4. The van der Waals surface area contributed by atoms with Crippen LogP contribution in [-0.2, 0) is 0 Å². The van der Waals surface area contributed by atoms with Gasteiger partial charge in [-0.25, -0.2) is 9.97 Å². The van der Waals surface area contributed by atoms with E-state index in [-0.39, 0.29) is 0 Å². The lowest BCUT2D eigenvalue weighted by Crippen LogP contribution is -1.95. The summed E-state index contributed by atoms with van der Waals surface area (Å²) in [6.45, 7) is 0. The summed E-state index contributed by atoms with van der Waals surface area (Å²) in [6, 6.07) is 47.6. The highest BCUT2D eigenvalue weighted by Crippen LogP contribution is 2.36. The minimum Gasteiger partial charge on any atom is -0.456 e. The summed E-state index contributed by atoms with van der Waals surface area (Å²) < 4.78 is 6.34. The standard InChI is InChI=1S/C38H23ClN2O/c39-31-16-12-26(13-17-31)38-40-34(25-7-2-1-3-8-25)23-35(41-38)30-15-19-36-33(21-30)32-18-14-29(22-37(32)42-36)28-11-10-24-6-4-5-9-27(24)20-28/h1-23H. The average molecular weight is 559 g/mol. The quantitative estimate of drug-likeness (QED) is 0.215. The van der Waals surface area contributed by atoms with Crippen molar-refractivity contribution in [2.45, 2.75) is 0 Å². The normalized spacial score (nSPS) is 11.5. The van der Waals surface area contributed by atoms with Crippen molar-refractivity contribution in [3.8, 4) is 45.0 Å². The fourth-order valence-electron chi connectivity index (χ4n) is 5.56. The van der Waals surface area contributed by atoms with E-state index >= 15 is 0 Å². The monoisotopic (exact) mass is 558 g/mol. The Morgan fingerprint density at radius 1 is 0.429 bits per heavy atom. The molecule has 0 saturated heterocycles. The maximum Gasteiger partial charge on any atom is 0.160 e. The molecule has 4 heteroatoms. The Hall–Kier alpha value is -5.25. The van der Waals surface area contributed by atoms with E-state index in [0.717, 1.165) is 55.6 Å². The van der Waals surface area contributed by atoms with Crippen molar-refractivity contribution in [2.24, 2.45) is 0 Å². The van der Waals surface area contributed by atoms with E-state index in [1.165, 1.54) is 16.3 Å². The molecule has 0 aliphatic carbocycles. The topological polar surface area (TPSA) is 38.9 Å². The molecule has 0 spiro atoms. The molecule has 0 saturated carbocycles. The van der Waals surface area contributed by atoms with Crippen LogP contribution in [0.3, 0.4) is 0 Å². The van der Waals surface area contributed by atoms with Gasteiger partial charge >= 0.3 is 0 Å². The van der Waals surface area contributed by atoms with Gasteiger partial charge in [-0.05, 0) is 88.6 Å². The molecule has 0 aliphatic heterocycles. The first kappa shape index (κ1) is 24.5. The largest absolute Gasteiger partial charge is 0.456 e. The second-order valence-electron chi connectivity index (χ2n) is 10.4. The van der Waals surface area contributed by atoms with Crippen molar-refractivity contribution in [3.63, 3.8) is 0 Å². The van der Waals surface area contributed by atoms with Crippen molar-refractivity contribution in [1.29, 1.82) is 0 Å². The number of rotatable bonds is 4. The molecular weight excluding hydrogens is 536 g/mol. The minimum absolute atomic E-state index is 0.653. The van der Waals surface area contributed by atoms with Gasteiger partial charge in [-0.3, -0.25) is 0 Å². The summed E-state index contributed by atoms with van der Waals surface area (Å²) in [6.07, 6.45) is 0. The van der Waals surface area contributed by atoms with Gasteiger partial charge in [0.05, 0.1) is 11.4 Å². The number of hydrogen-bond donors (Lipinski definition) is 0. The molecule has 2 aromatic heterocycles. The van der Waals surface area contributed by atoms with E-state index in [1.807, 2.05) is 48.5 Å². The first-order chi connectivity index (χ1) is 20.7. The van der Waals surface area contributed by atoms with Crippen LogP contribution < -0.4 is 0 Å². The molecule has 0 atom stereocenters. The zero-order chi connectivity index (χ0) is 28.0. The highest BCUT2D eigenvalue weighted by atomic mass is 35.5. The zero-order valence-corrected chi connectivity index (χ0v) is 23.2. The van der Waals surface area contributed by atoms with Crippen molar-refractivity contribution in [3.05, 3.63) is 145 Å². The summed E-state index contributed by atoms with van der Waals surface area (Å²) in [5.41, 5.74) is 8.66.